The van der Waals surface area contributed by atoms with E-state index in [0.29, 0.717) is 6.54 Å². The first-order valence-electron chi connectivity index (χ1n) is 4.49. The Morgan fingerprint density at radius 3 is 3.00 bits per heavy atom. The van der Waals surface area contributed by atoms with Crippen molar-refractivity contribution in [3.63, 3.8) is 0 Å². The molecule has 0 bridgehead atoms. The van der Waals surface area contributed by atoms with Crippen LogP contribution in [0.1, 0.15) is 18.2 Å². The Balaban J connectivity index is 2.60. The van der Waals surface area contributed by atoms with Crippen LogP contribution in [0.25, 0.3) is 6.08 Å². The third kappa shape index (κ3) is 4.08. The zero-order valence-corrected chi connectivity index (χ0v) is 9.38. The molecule has 80 valence electrons. The van der Waals surface area contributed by atoms with Gasteiger partial charge in [0.25, 0.3) is 0 Å². The summed E-state index contributed by atoms with van der Waals surface area (Å²) >= 11 is 5.62. The van der Waals surface area contributed by atoms with Gasteiger partial charge in [-0.3, -0.25) is 4.79 Å². The van der Waals surface area contributed by atoms with Gasteiger partial charge in [-0.25, -0.2) is 9.97 Å². The van der Waals surface area contributed by atoms with E-state index in [1.54, 1.807) is 6.20 Å². The van der Waals surface area contributed by atoms with E-state index in [4.69, 9.17) is 11.6 Å². The Labute approximate surface area is 93.4 Å². The molecule has 1 amide bonds. The van der Waals surface area contributed by atoms with E-state index in [0.717, 1.165) is 11.3 Å². The number of hydrogen-bond donors (Lipinski definition) is 1. The number of amides is 1. The lowest BCUT2D eigenvalue weighted by Gasteiger charge is -1.99. The van der Waals surface area contributed by atoms with Crippen molar-refractivity contribution in [2.45, 2.75) is 13.8 Å². The molecule has 0 radical (unpaired) electrons. The molecule has 0 aliphatic carbocycles. The van der Waals surface area contributed by atoms with Gasteiger partial charge < -0.3 is 5.32 Å². The lowest BCUT2D eigenvalue weighted by molar-refractivity contribution is -0.118. The Kier molecular flexibility index (Phi) is 4.24. The number of hydrogen-bond acceptors (Lipinski definition) is 3. The molecule has 0 saturated carbocycles. The fourth-order valence-electron chi connectivity index (χ4n) is 1.00. The topological polar surface area (TPSA) is 54.9 Å². The zero-order valence-electron chi connectivity index (χ0n) is 8.62. The van der Waals surface area contributed by atoms with E-state index in [1.165, 1.54) is 6.92 Å². The van der Waals surface area contributed by atoms with Crippen LogP contribution in [0.15, 0.2) is 12.3 Å². The summed E-state index contributed by atoms with van der Waals surface area (Å²) in [6, 6.07) is 0. The lowest BCUT2D eigenvalue weighted by Crippen LogP contribution is -2.19. The monoisotopic (exact) mass is 225 g/mol. The minimum atomic E-state index is -0.0521. The maximum absolute atomic E-state index is 10.6. The molecule has 0 aromatic carbocycles. The molecule has 1 heterocycles. The van der Waals surface area contributed by atoms with Crippen LogP contribution in [-0.4, -0.2) is 22.4 Å². The molecule has 1 aromatic rings. The molecule has 15 heavy (non-hydrogen) atoms. The average Bonchev–Trinajstić information content (AvgIpc) is 2.14. The number of carbonyl (C=O) groups is 1. The highest BCUT2D eigenvalue weighted by Crippen LogP contribution is 2.08. The van der Waals surface area contributed by atoms with Crippen LogP contribution in [-0.2, 0) is 4.79 Å². The van der Waals surface area contributed by atoms with Gasteiger partial charge in [0.05, 0.1) is 0 Å². The molecule has 0 spiro atoms. The van der Waals surface area contributed by atoms with Gasteiger partial charge in [0.1, 0.15) is 0 Å². The van der Waals surface area contributed by atoms with Gasteiger partial charge in [-0.1, -0.05) is 12.2 Å². The molecule has 0 fully saturated rings. The van der Waals surface area contributed by atoms with Crippen molar-refractivity contribution < 1.29 is 4.79 Å². The first kappa shape index (κ1) is 11.7. The van der Waals surface area contributed by atoms with Crippen molar-refractivity contribution >= 4 is 23.6 Å². The molecule has 1 N–H and O–H groups in total. The fraction of sp³-hybridized carbons (Fsp3) is 0.300. The van der Waals surface area contributed by atoms with Crippen LogP contribution in [0, 0.1) is 6.92 Å². The molecule has 1 rings (SSSR count). The standard InChI is InChI=1S/C10H12ClN3O/c1-7-9(6-13-10(11)14-7)4-3-5-12-8(2)15/h3-4,6H,5H2,1-2H3,(H,12,15). The van der Waals surface area contributed by atoms with Crippen molar-refractivity contribution in [3.05, 3.63) is 28.8 Å². The van der Waals surface area contributed by atoms with E-state index in [9.17, 15) is 4.79 Å². The highest BCUT2D eigenvalue weighted by Gasteiger charge is 1.97. The van der Waals surface area contributed by atoms with Crippen molar-refractivity contribution in [3.8, 4) is 0 Å². The van der Waals surface area contributed by atoms with E-state index in [2.05, 4.69) is 15.3 Å². The maximum atomic E-state index is 10.6. The molecule has 0 saturated heterocycles. The third-order valence-electron chi connectivity index (χ3n) is 1.75. The van der Waals surface area contributed by atoms with Gasteiger partial charge in [0.15, 0.2) is 0 Å². The Bertz CT molecular complexity index is 390. The minimum absolute atomic E-state index is 0.0521. The number of rotatable bonds is 3. The second kappa shape index (κ2) is 5.46. The van der Waals surface area contributed by atoms with Crippen LogP contribution < -0.4 is 5.32 Å². The second-order valence-corrected chi connectivity index (χ2v) is 3.36. The number of nitrogens with zero attached hydrogens (tertiary/aromatic N) is 2. The molecule has 0 aliphatic heterocycles. The summed E-state index contributed by atoms with van der Waals surface area (Å²) in [6.45, 7) is 3.83. The molecule has 4 nitrogen and oxygen atoms in total. The van der Waals surface area contributed by atoms with Gasteiger partial charge >= 0.3 is 0 Å². The smallest absolute Gasteiger partial charge is 0.222 e. The van der Waals surface area contributed by atoms with Crippen LogP contribution in [0.2, 0.25) is 5.28 Å². The first-order chi connectivity index (χ1) is 7.09. The van der Waals surface area contributed by atoms with Crippen LogP contribution in [0.4, 0.5) is 0 Å². The van der Waals surface area contributed by atoms with Crippen molar-refractivity contribution in [1.29, 1.82) is 0 Å². The highest BCUT2D eigenvalue weighted by molar-refractivity contribution is 6.28. The number of aromatic nitrogens is 2. The van der Waals surface area contributed by atoms with Crippen molar-refractivity contribution in [1.82, 2.24) is 15.3 Å². The molecule has 0 aliphatic rings. The summed E-state index contributed by atoms with van der Waals surface area (Å²) in [5.41, 5.74) is 1.71. The summed E-state index contributed by atoms with van der Waals surface area (Å²) in [5.74, 6) is -0.0521. The average molecular weight is 226 g/mol. The summed E-state index contributed by atoms with van der Waals surface area (Å²) in [6.07, 6.45) is 5.33. The summed E-state index contributed by atoms with van der Waals surface area (Å²) < 4.78 is 0. The number of carbonyl (C=O) groups excluding carboxylic acids is 1. The largest absolute Gasteiger partial charge is 0.353 e. The van der Waals surface area contributed by atoms with E-state index >= 15 is 0 Å². The quantitative estimate of drug-likeness (QED) is 0.795. The number of halogens is 1. The Morgan fingerprint density at radius 2 is 2.40 bits per heavy atom. The predicted octanol–water partition coefficient (Wildman–Crippen LogP) is 1.59. The van der Waals surface area contributed by atoms with E-state index < -0.39 is 0 Å². The summed E-state index contributed by atoms with van der Waals surface area (Å²) in [5, 5.41) is 2.90. The molecular weight excluding hydrogens is 214 g/mol. The SMILES string of the molecule is CC(=O)NCC=Cc1cnc(Cl)nc1C. The van der Waals surface area contributed by atoms with Crippen LogP contribution >= 0.6 is 11.6 Å². The molecular formula is C10H12ClN3O. The summed E-state index contributed by atoms with van der Waals surface area (Å²) in [7, 11) is 0. The Hall–Kier alpha value is -1.42. The number of nitrogens with one attached hydrogen (secondary N) is 1. The third-order valence-corrected chi connectivity index (χ3v) is 1.94. The van der Waals surface area contributed by atoms with Crippen LogP contribution in [0.3, 0.4) is 0 Å². The van der Waals surface area contributed by atoms with Gasteiger partial charge in [0.2, 0.25) is 11.2 Å². The second-order valence-electron chi connectivity index (χ2n) is 3.02. The normalized spacial score (nSPS) is 10.6. The van der Waals surface area contributed by atoms with Crippen LogP contribution in [0.5, 0.6) is 0 Å². The van der Waals surface area contributed by atoms with Gasteiger partial charge in [-0.2, -0.15) is 0 Å². The lowest BCUT2D eigenvalue weighted by atomic mass is 10.2. The number of aryl methyl sites for hydroxylation is 1. The minimum Gasteiger partial charge on any atom is -0.353 e. The first-order valence-corrected chi connectivity index (χ1v) is 4.87. The molecule has 0 atom stereocenters. The van der Waals surface area contributed by atoms with E-state index in [-0.39, 0.29) is 11.2 Å². The summed E-state index contributed by atoms with van der Waals surface area (Å²) in [4.78, 5) is 18.5. The highest BCUT2D eigenvalue weighted by atomic mass is 35.5. The van der Waals surface area contributed by atoms with Crippen molar-refractivity contribution in [2.24, 2.45) is 0 Å². The van der Waals surface area contributed by atoms with Gasteiger partial charge in [0, 0.05) is 30.9 Å². The van der Waals surface area contributed by atoms with Crippen molar-refractivity contribution in [2.75, 3.05) is 6.54 Å². The van der Waals surface area contributed by atoms with Gasteiger partial charge in [-0.15, -0.1) is 0 Å². The van der Waals surface area contributed by atoms with Gasteiger partial charge in [-0.05, 0) is 18.5 Å². The molecule has 0 unspecified atom stereocenters. The predicted molar refractivity (Wildman–Crippen MR) is 59.5 cm³/mol. The maximum Gasteiger partial charge on any atom is 0.222 e. The Morgan fingerprint density at radius 1 is 1.67 bits per heavy atom. The molecule has 1 aromatic heterocycles. The molecule has 5 heteroatoms. The van der Waals surface area contributed by atoms with E-state index in [1.807, 2.05) is 19.1 Å². The fourth-order valence-corrected chi connectivity index (χ4v) is 1.18. The zero-order chi connectivity index (χ0) is 11.3.